The highest BCUT2D eigenvalue weighted by atomic mass is 16.7. The summed E-state index contributed by atoms with van der Waals surface area (Å²) >= 11 is 0. The third kappa shape index (κ3) is 4.62. The zero-order valence-electron chi connectivity index (χ0n) is 15.9. The van der Waals surface area contributed by atoms with Gasteiger partial charge in [-0.25, -0.2) is 0 Å². The van der Waals surface area contributed by atoms with Crippen molar-refractivity contribution in [2.75, 3.05) is 6.79 Å². The van der Waals surface area contributed by atoms with E-state index >= 15 is 0 Å². The maximum atomic E-state index is 12.1. The number of hydrogen-bond acceptors (Lipinski definition) is 5. The third-order valence-corrected chi connectivity index (χ3v) is 4.36. The van der Waals surface area contributed by atoms with Gasteiger partial charge < -0.3 is 14.2 Å². The fourth-order valence-electron chi connectivity index (χ4n) is 2.55. The van der Waals surface area contributed by atoms with E-state index in [-0.39, 0.29) is 6.79 Å². The van der Waals surface area contributed by atoms with E-state index in [2.05, 4.69) is 10.9 Å². The van der Waals surface area contributed by atoms with E-state index < -0.39 is 17.9 Å². The summed E-state index contributed by atoms with van der Waals surface area (Å²) in [7, 11) is 0. The number of hydrazine groups is 1. The minimum atomic E-state index is -0.765. The van der Waals surface area contributed by atoms with Gasteiger partial charge in [0.15, 0.2) is 17.6 Å². The highest BCUT2D eigenvalue weighted by Gasteiger charge is 2.16. The number of ether oxygens (including phenoxy) is 3. The van der Waals surface area contributed by atoms with Crippen LogP contribution in [-0.4, -0.2) is 24.7 Å². The van der Waals surface area contributed by atoms with Gasteiger partial charge in [-0.15, -0.1) is 0 Å². The zero-order chi connectivity index (χ0) is 20.1. The lowest BCUT2D eigenvalue weighted by molar-refractivity contribution is -0.131. The minimum Gasteiger partial charge on any atom is -0.481 e. The standard InChI is InChI=1S/C21H22N2O5/c1-13-5-4-6-17(14(13)2)28-15(3)21(25)23-22-20(24)10-8-16-7-9-18-19(11-16)27-12-26-18/h4-11,15H,12H2,1-3H3,(H,22,24)(H,23,25)/b10-8+. The Bertz CT molecular complexity index is 923. The quantitative estimate of drug-likeness (QED) is 0.613. The van der Waals surface area contributed by atoms with E-state index in [0.717, 1.165) is 16.7 Å². The van der Waals surface area contributed by atoms with E-state index in [1.165, 1.54) is 6.08 Å². The number of rotatable bonds is 5. The Morgan fingerprint density at radius 2 is 1.89 bits per heavy atom. The van der Waals surface area contributed by atoms with Gasteiger partial charge in [0.2, 0.25) is 6.79 Å². The Morgan fingerprint density at radius 1 is 1.11 bits per heavy atom. The Labute approximate surface area is 163 Å². The molecule has 1 heterocycles. The van der Waals surface area contributed by atoms with Crippen LogP contribution < -0.4 is 25.1 Å². The maximum Gasteiger partial charge on any atom is 0.279 e. The maximum absolute atomic E-state index is 12.1. The number of aryl methyl sites for hydroxylation is 1. The third-order valence-electron chi connectivity index (χ3n) is 4.36. The summed E-state index contributed by atoms with van der Waals surface area (Å²) in [5.74, 6) is 1.02. The molecule has 0 aliphatic carbocycles. The first-order valence-electron chi connectivity index (χ1n) is 8.84. The molecule has 7 nitrogen and oxygen atoms in total. The first-order chi connectivity index (χ1) is 13.4. The highest BCUT2D eigenvalue weighted by molar-refractivity contribution is 5.93. The molecule has 146 valence electrons. The first-order valence-corrected chi connectivity index (χ1v) is 8.84. The normalized spacial score (nSPS) is 13.2. The number of nitrogens with one attached hydrogen (secondary N) is 2. The predicted octanol–water partition coefficient (Wildman–Crippen LogP) is 2.66. The van der Waals surface area contributed by atoms with Crippen molar-refractivity contribution >= 4 is 17.9 Å². The molecule has 3 rings (SSSR count). The number of carbonyl (C=O) groups excluding carboxylic acids is 2. The molecular weight excluding hydrogens is 360 g/mol. The topological polar surface area (TPSA) is 85.9 Å². The van der Waals surface area contributed by atoms with Gasteiger partial charge in [-0.3, -0.25) is 20.4 Å². The lowest BCUT2D eigenvalue weighted by Crippen LogP contribution is -2.46. The Morgan fingerprint density at radius 3 is 2.71 bits per heavy atom. The van der Waals surface area contributed by atoms with Gasteiger partial charge in [0.25, 0.3) is 11.8 Å². The number of benzene rings is 2. The zero-order valence-corrected chi connectivity index (χ0v) is 15.9. The molecule has 1 unspecified atom stereocenters. The molecule has 0 fully saturated rings. The van der Waals surface area contributed by atoms with Gasteiger partial charge in [0.05, 0.1) is 0 Å². The largest absolute Gasteiger partial charge is 0.481 e. The van der Waals surface area contributed by atoms with Crippen molar-refractivity contribution in [1.82, 2.24) is 10.9 Å². The van der Waals surface area contributed by atoms with Crippen LogP contribution in [0.2, 0.25) is 0 Å². The fourth-order valence-corrected chi connectivity index (χ4v) is 2.55. The lowest BCUT2D eigenvalue weighted by Gasteiger charge is -2.17. The van der Waals surface area contributed by atoms with Crippen molar-refractivity contribution in [1.29, 1.82) is 0 Å². The average molecular weight is 382 g/mol. The molecule has 2 amide bonds. The molecule has 2 N–H and O–H groups in total. The van der Waals surface area contributed by atoms with Crippen LogP contribution in [0.1, 0.15) is 23.6 Å². The Balaban J connectivity index is 1.49. The van der Waals surface area contributed by atoms with Crippen LogP contribution in [0.5, 0.6) is 17.2 Å². The van der Waals surface area contributed by atoms with Crippen molar-refractivity contribution in [2.45, 2.75) is 26.9 Å². The monoisotopic (exact) mass is 382 g/mol. The molecular formula is C21H22N2O5. The van der Waals surface area contributed by atoms with Gasteiger partial charge in [-0.2, -0.15) is 0 Å². The molecule has 28 heavy (non-hydrogen) atoms. The molecule has 1 aliphatic heterocycles. The van der Waals surface area contributed by atoms with Gasteiger partial charge >= 0.3 is 0 Å². The molecule has 1 atom stereocenters. The summed E-state index contributed by atoms with van der Waals surface area (Å²) < 4.78 is 16.2. The van der Waals surface area contributed by atoms with Crippen molar-refractivity contribution in [2.24, 2.45) is 0 Å². The van der Waals surface area contributed by atoms with Gasteiger partial charge in [0.1, 0.15) is 5.75 Å². The van der Waals surface area contributed by atoms with Crippen molar-refractivity contribution in [3.63, 3.8) is 0 Å². The number of hydrogen-bond donors (Lipinski definition) is 2. The van der Waals surface area contributed by atoms with Gasteiger partial charge in [-0.1, -0.05) is 18.2 Å². The Hall–Kier alpha value is -3.48. The number of amides is 2. The van der Waals surface area contributed by atoms with Crippen LogP contribution in [0.3, 0.4) is 0 Å². The van der Waals surface area contributed by atoms with Crippen molar-refractivity contribution in [3.8, 4) is 17.2 Å². The fraction of sp³-hybridized carbons (Fsp3) is 0.238. The van der Waals surface area contributed by atoms with Crippen LogP contribution >= 0.6 is 0 Å². The molecule has 0 saturated carbocycles. The van der Waals surface area contributed by atoms with E-state index in [9.17, 15) is 9.59 Å². The van der Waals surface area contributed by atoms with Crippen molar-refractivity contribution < 1.29 is 23.8 Å². The first kappa shape index (κ1) is 19.3. The SMILES string of the molecule is Cc1cccc(OC(C)C(=O)NNC(=O)/C=C/c2ccc3c(c2)OCO3)c1C. The molecule has 2 aromatic carbocycles. The van der Waals surface area contributed by atoms with Gasteiger partial charge in [-0.05, 0) is 61.7 Å². The second kappa shape index (κ2) is 8.47. The van der Waals surface area contributed by atoms with E-state index in [1.54, 1.807) is 37.3 Å². The second-order valence-corrected chi connectivity index (χ2v) is 6.38. The summed E-state index contributed by atoms with van der Waals surface area (Å²) in [6.07, 6.45) is 2.16. The number of carbonyl (C=O) groups is 2. The summed E-state index contributed by atoms with van der Waals surface area (Å²) in [6.45, 7) is 5.71. The van der Waals surface area contributed by atoms with Crippen LogP contribution in [0.4, 0.5) is 0 Å². The molecule has 0 radical (unpaired) electrons. The molecule has 0 bridgehead atoms. The van der Waals surface area contributed by atoms with Gasteiger partial charge in [0, 0.05) is 6.08 Å². The molecule has 0 aromatic heterocycles. The van der Waals surface area contributed by atoms with Crippen LogP contribution in [0.25, 0.3) is 6.08 Å². The molecule has 1 aliphatic rings. The molecule has 0 spiro atoms. The predicted molar refractivity (Wildman–Crippen MR) is 104 cm³/mol. The molecule has 2 aromatic rings. The van der Waals surface area contributed by atoms with Crippen LogP contribution in [-0.2, 0) is 9.59 Å². The Kier molecular flexibility index (Phi) is 5.84. The molecule has 0 saturated heterocycles. The molecule has 7 heteroatoms. The number of fused-ring (bicyclic) bond motifs is 1. The van der Waals surface area contributed by atoms with E-state index in [4.69, 9.17) is 14.2 Å². The van der Waals surface area contributed by atoms with Crippen LogP contribution in [0, 0.1) is 13.8 Å². The van der Waals surface area contributed by atoms with Crippen LogP contribution in [0.15, 0.2) is 42.5 Å². The minimum absolute atomic E-state index is 0.192. The van der Waals surface area contributed by atoms with E-state index in [1.807, 2.05) is 26.0 Å². The van der Waals surface area contributed by atoms with Crippen molar-refractivity contribution in [3.05, 3.63) is 59.2 Å². The van der Waals surface area contributed by atoms with E-state index in [0.29, 0.717) is 17.2 Å². The summed E-state index contributed by atoms with van der Waals surface area (Å²) in [5, 5.41) is 0. The highest BCUT2D eigenvalue weighted by Crippen LogP contribution is 2.32. The average Bonchev–Trinajstić information content (AvgIpc) is 3.15. The smallest absolute Gasteiger partial charge is 0.279 e. The summed E-state index contributed by atoms with van der Waals surface area (Å²) in [5.41, 5.74) is 7.51. The summed E-state index contributed by atoms with van der Waals surface area (Å²) in [4.78, 5) is 24.1. The lowest BCUT2D eigenvalue weighted by atomic mass is 10.1. The second-order valence-electron chi connectivity index (χ2n) is 6.38. The summed E-state index contributed by atoms with van der Waals surface area (Å²) in [6, 6.07) is 11.0.